The molecular weight excluding hydrogens is 318 g/mol. The van der Waals surface area contributed by atoms with Gasteiger partial charge in [-0.2, -0.15) is 0 Å². The fourth-order valence-corrected chi connectivity index (χ4v) is 2.01. The summed E-state index contributed by atoms with van der Waals surface area (Å²) in [6.07, 6.45) is 0.718. The molecule has 1 aromatic rings. The predicted octanol–water partition coefficient (Wildman–Crippen LogP) is 1.48. The van der Waals surface area contributed by atoms with Gasteiger partial charge in [-0.3, -0.25) is 9.59 Å². The SMILES string of the molecule is CC(C)COc1ccc(CCNC(=O)CNC(=O)[C@@H](N)C(C)C)cc1. The molecule has 0 radical (unpaired) electrons. The lowest BCUT2D eigenvalue weighted by molar-refractivity contribution is -0.127. The van der Waals surface area contributed by atoms with Crippen LogP contribution in [0.2, 0.25) is 0 Å². The second kappa shape index (κ2) is 10.7. The van der Waals surface area contributed by atoms with Crippen LogP contribution in [0.4, 0.5) is 0 Å². The molecule has 25 heavy (non-hydrogen) atoms. The summed E-state index contributed by atoms with van der Waals surface area (Å²) in [5.74, 6) is 0.857. The topological polar surface area (TPSA) is 93.5 Å². The maximum atomic E-state index is 11.7. The highest BCUT2D eigenvalue weighted by molar-refractivity contribution is 5.87. The molecule has 0 aliphatic heterocycles. The minimum Gasteiger partial charge on any atom is -0.493 e. The van der Waals surface area contributed by atoms with Gasteiger partial charge in [0.15, 0.2) is 0 Å². The Morgan fingerprint density at radius 1 is 1.08 bits per heavy atom. The van der Waals surface area contributed by atoms with Gasteiger partial charge in [0.1, 0.15) is 5.75 Å². The van der Waals surface area contributed by atoms with E-state index in [0.29, 0.717) is 19.1 Å². The van der Waals surface area contributed by atoms with Crippen molar-refractivity contribution in [3.63, 3.8) is 0 Å². The van der Waals surface area contributed by atoms with Crippen LogP contribution >= 0.6 is 0 Å². The van der Waals surface area contributed by atoms with Crippen molar-refractivity contribution in [2.24, 2.45) is 17.6 Å². The second-order valence-corrected chi connectivity index (χ2v) is 6.94. The van der Waals surface area contributed by atoms with Crippen molar-refractivity contribution in [1.82, 2.24) is 10.6 Å². The first-order valence-electron chi connectivity index (χ1n) is 8.81. The van der Waals surface area contributed by atoms with E-state index in [2.05, 4.69) is 24.5 Å². The summed E-state index contributed by atoms with van der Waals surface area (Å²) in [6, 6.07) is 7.26. The first-order chi connectivity index (χ1) is 11.8. The summed E-state index contributed by atoms with van der Waals surface area (Å²) >= 11 is 0. The standard InChI is InChI=1S/C19H31N3O3/c1-13(2)12-25-16-7-5-15(6-8-16)9-10-21-17(23)11-22-19(24)18(20)14(3)4/h5-8,13-14,18H,9-12,20H2,1-4H3,(H,21,23)(H,22,24)/t18-/m0/s1. The zero-order chi connectivity index (χ0) is 18.8. The molecule has 0 heterocycles. The highest BCUT2D eigenvalue weighted by Crippen LogP contribution is 2.13. The van der Waals surface area contributed by atoms with Gasteiger partial charge in [0.2, 0.25) is 11.8 Å². The van der Waals surface area contributed by atoms with Crippen molar-refractivity contribution in [2.45, 2.75) is 40.2 Å². The Kier molecular flexibility index (Phi) is 8.99. The Morgan fingerprint density at radius 3 is 2.28 bits per heavy atom. The lowest BCUT2D eigenvalue weighted by Gasteiger charge is -2.15. The molecule has 1 rings (SSSR count). The van der Waals surface area contributed by atoms with Gasteiger partial charge in [0, 0.05) is 6.54 Å². The molecule has 1 aromatic carbocycles. The molecule has 0 spiro atoms. The molecule has 0 aliphatic rings. The van der Waals surface area contributed by atoms with Crippen molar-refractivity contribution in [1.29, 1.82) is 0 Å². The van der Waals surface area contributed by atoms with Gasteiger partial charge in [0.25, 0.3) is 0 Å². The molecule has 4 N–H and O–H groups in total. The van der Waals surface area contributed by atoms with Crippen molar-refractivity contribution in [2.75, 3.05) is 19.7 Å². The van der Waals surface area contributed by atoms with Crippen molar-refractivity contribution in [3.8, 4) is 5.75 Å². The number of hydrogen-bond donors (Lipinski definition) is 3. The first kappa shape index (κ1) is 21.0. The molecular formula is C19H31N3O3. The maximum Gasteiger partial charge on any atom is 0.239 e. The molecule has 140 valence electrons. The number of carbonyl (C=O) groups is 2. The molecule has 0 aromatic heterocycles. The third-order valence-electron chi connectivity index (χ3n) is 3.69. The monoisotopic (exact) mass is 349 g/mol. The summed E-state index contributed by atoms with van der Waals surface area (Å²) in [4.78, 5) is 23.4. The van der Waals surface area contributed by atoms with Crippen LogP contribution in [-0.2, 0) is 16.0 Å². The van der Waals surface area contributed by atoms with Gasteiger partial charge >= 0.3 is 0 Å². The summed E-state index contributed by atoms with van der Waals surface area (Å²) in [7, 11) is 0. The number of hydrogen-bond acceptors (Lipinski definition) is 4. The van der Waals surface area contributed by atoms with Crippen molar-refractivity contribution < 1.29 is 14.3 Å². The van der Waals surface area contributed by atoms with E-state index in [-0.39, 0.29) is 24.3 Å². The number of carbonyl (C=O) groups excluding carboxylic acids is 2. The Labute approximate surface area is 150 Å². The quantitative estimate of drug-likeness (QED) is 0.596. The summed E-state index contributed by atoms with van der Waals surface area (Å²) in [5.41, 5.74) is 6.83. The van der Waals surface area contributed by atoms with E-state index < -0.39 is 6.04 Å². The molecule has 0 saturated carbocycles. The fraction of sp³-hybridized carbons (Fsp3) is 0.579. The molecule has 2 amide bonds. The van der Waals surface area contributed by atoms with Crippen LogP contribution in [0, 0.1) is 11.8 Å². The number of rotatable bonds is 10. The molecule has 0 fully saturated rings. The van der Waals surface area contributed by atoms with E-state index in [1.807, 2.05) is 38.1 Å². The van der Waals surface area contributed by atoms with Crippen LogP contribution < -0.4 is 21.1 Å². The summed E-state index contributed by atoms with van der Waals surface area (Å²) in [5, 5.41) is 5.33. The molecule has 6 heteroatoms. The molecule has 0 aliphatic carbocycles. The fourth-order valence-electron chi connectivity index (χ4n) is 2.01. The van der Waals surface area contributed by atoms with Gasteiger partial charge in [-0.1, -0.05) is 39.8 Å². The zero-order valence-electron chi connectivity index (χ0n) is 15.7. The molecule has 6 nitrogen and oxygen atoms in total. The third-order valence-corrected chi connectivity index (χ3v) is 3.69. The van der Waals surface area contributed by atoms with E-state index in [1.54, 1.807) is 0 Å². The van der Waals surface area contributed by atoms with E-state index in [1.165, 1.54) is 0 Å². The van der Waals surface area contributed by atoms with Gasteiger partial charge in [-0.15, -0.1) is 0 Å². The molecule has 0 saturated heterocycles. The number of benzene rings is 1. The summed E-state index contributed by atoms with van der Waals surface area (Å²) in [6.45, 7) is 9.10. The smallest absolute Gasteiger partial charge is 0.239 e. The average Bonchev–Trinajstić information content (AvgIpc) is 2.58. The highest BCUT2D eigenvalue weighted by Gasteiger charge is 2.17. The largest absolute Gasteiger partial charge is 0.493 e. The van der Waals surface area contributed by atoms with E-state index in [0.717, 1.165) is 17.7 Å². The van der Waals surface area contributed by atoms with Gasteiger partial charge in [-0.25, -0.2) is 0 Å². The minimum atomic E-state index is -0.593. The Bertz CT molecular complexity index is 541. The van der Waals surface area contributed by atoms with Crippen LogP contribution in [0.3, 0.4) is 0 Å². The van der Waals surface area contributed by atoms with Gasteiger partial charge in [0.05, 0.1) is 19.2 Å². The van der Waals surface area contributed by atoms with Crippen molar-refractivity contribution >= 4 is 11.8 Å². The van der Waals surface area contributed by atoms with Crippen LogP contribution in [-0.4, -0.2) is 37.6 Å². The van der Waals surface area contributed by atoms with Crippen LogP contribution in [0.25, 0.3) is 0 Å². The van der Waals surface area contributed by atoms with E-state index in [9.17, 15) is 9.59 Å². The molecule has 0 unspecified atom stereocenters. The second-order valence-electron chi connectivity index (χ2n) is 6.94. The van der Waals surface area contributed by atoms with Crippen LogP contribution in [0.5, 0.6) is 5.75 Å². The normalized spacial score (nSPS) is 12.1. The van der Waals surface area contributed by atoms with Crippen LogP contribution in [0.1, 0.15) is 33.3 Å². The number of nitrogens with two attached hydrogens (primary N) is 1. The Balaban J connectivity index is 2.25. The summed E-state index contributed by atoms with van der Waals surface area (Å²) < 4.78 is 5.64. The van der Waals surface area contributed by atoms with Gasteiger partial charge < -0.3 is 21.1 Å². The molecule has 1 atom stereocenters. The Hall–Kier alpha value is -2.08. The van der Waals surface area contributed by atoms with E-state index >= 15 is 0 Å². The maximum absolute atomic E-state index is 11.7. The lowest BCUT2D eigenvalue weighted by Crippen LogP contribution is -2.47. The average molecular weight is 349 g/mol. The zero-order valence-corrected chi connectivity index (χ0v) is 15.7. The van der Waals surface area contributed by atoms with Gasteiger partial charge in [-0.05, 0) is 36.0 Å². The predicted molar refractivity (Wildman–Crippen MR) is 99.3 cm³/mol. The molecule has 0 bridgehead atoms. The third kappa shape index (κ3) is 8.54. The first-order valence-corrected chi connectivity index (χ1v) is 8.81. The van der Waals surface area contributed by atoms with Crippen molar-refractivity contribution in [3.05, 3.63) is 29.8 Å². The number of ether oxygens (including phenoxy) is 1. The minimum absolute atomic E-state index is 0.0375. The highest BCUT2D eigenvalue weighted by atomic mass is 16.5. The number of amides is 2. The lowest BCUT2D eigenvalue weighted by atomic mass is 10.1. The number of nitrogens with one attached hydrogen (secondary N) is 2. The van der Waals surface area contributed by atoms with Crippen LogP contribution in [0.15, 0.2) is 24.3 Å². The van der Waals surface area contributed by atoms with E-state index in [4.69, 9.17) is 10.5 Å². The Morgan fingerprint density at radius 2 is 1.72 bits per heavy atom.